The fourth-order valence-electron chi connectivity index (χ4n) is 8.70. The number of carbonyl (C=O) groups excluding carboxylic acids is 10. The summed E-state index contributed by atoms with van der Waals surface area (Å²) in [6.45, 7) is 7.92. The first-order valence-corrected chi connectivity index (χ1v) is 27.4. The maximum absolute atomic E-state index is 14.2. The van der Waals surface area contributed by atoms with Crippen molar-refractivity contribution in [3.8, 4) is 5.75 Å². The first kappa shape index (κ1) is 70.5. The van der Waals surface area contributed by atoms with Crippen LogP contribution in [0.4, 0.5) is 0 Å². The standard InChI is InChI=1S/C53H79N13O19/c1-25(2)16-33(46(77)64-37(53(84)85)19-30-21-55-24-57-30)61-44(75)27(5)58-45(76)32(13-14-41(71)72)60-48(79)35(20-42(73)74)63-47(78)34(18-29-9-11-31(69)12-10-29)62-49(80)38(23-67)65-50(81)39-8-7-15-66(39)52(83)36(17-26(3)4)59-40(70)22-56-51(82)43(54)28(6)68/h9-12,21,24-28,32-39,43,67-69H,7-8,13-20,22-23,54H2,1-6H3,(H,55,57)(H,56,82)(H,58,76)(H,59,70)(H,60,79)(H,61,75)(H,62,80)(H,63,78)(H,64,77)(H,65,81)(H,71,72)(H,73,74)(H,84,85)/p+1/t27-,28+,32-,33-,34-,35-,36-,37-,38-,39-,43-/m0/s1. The van der Waals surface area contributed by atoms with Gasteiger partial charge in [-0.3, -0.25) is 57.5 Å². The SMILES string of the molecule is CC(C)C[C@H](NC(=O)[C@H](C)NC(=O)[C@H](CCC(=O)O)NC(=O)[C@H](CC(=O)O)NC(=O)[C@H](Cc1ccc(O)cc1)NC(=O)[C@H](CO)NC(=O)[C@@H]1CCCN1C(=O)[C@H](CC(C)C)NC(=O)CNC(=O)[C@@H]([NH3+])[C@@H](C)O)C(=O)N[C@@H](Cc1cnc[nH]1)C(=O)O. The van der Waals surface area contributed by atoms with Crippen LogP contribution >= 0.6 is 0 Å². The van der Waals surface area contributed by atoms with Crippen molar-refractivity contribution in [2.75, 3.05) is 19.7 Å². The second-order valence-corrected chi connectivity index (χ2v) is 21.4. The first-order chi connectivity index (χ1) is 39.9. The highest BCUT2D eigenvalue weighted by atomic mass is 16.4. The van der Waals surface area contributed by atoms with Crippen LogP contribution in [0.1, 0.15) is 97.7 Å². The summed E-state index contributed by atoms with van der Waals surface area (Å²) in [5, 5.41) is 80.4. The maximum Gasteiger partial charge on any atom is 0.326 e. The van der Waals surface area contributed by atoms with E-state index in [1.165, 1.54) is 55.5 Å². The highest BCUT2D eigenvalue weighted by Gasteiger charge is 2.40. The predicted octanol–water partition coefficient (Wildman–Crippen LogP) is -5.59. The highest BCUT2D eigenvalue weighted by Crippen LogP contribution is 2.21. The topological polar surface area (TPSA) is 511 Å². The Kier molecular flexibility index (Phi) is 28.3. The molecule has 1 aromatic carbocycles. The summed E-state index contributed by atoms with van der Waals surface area (Å²) in [7, 11) is 0. The molecule has 32 nitrogen and oxygen atoms in total. The molecule has 0 aliphatic carbocycles. The van der Waals surface area contributed by atoms with E-state index in [-0.39, 0.29) is 55.4 Å². The fourth-order valence-corrected chi connectivity index (χ4v) is 8.70. The number of nitrogens with zero attached hydrogens (tertiary/aromatic N) is 2. The molecule has 0 unspecified atom stereocenters. The number of H-pyrrole nitrogens is 1. The Morgan fingerprint density at radius 1 is 0.647 bits per heavy atom. The van der Waals surface area contributed by atoms with E-state index in [0.29, 0.717) is 12.1 Å². The number of carboxylic acids is 3. The number of aliphatic carboxylic acids is 3. The zero-order valence-electron chi connectivity index (χ0n) is 48.0. The minimum atomic E-state index is -2.07. The lowest BCUT2D eigenvalue weighted by molar-refractivity contribution is -0.419. The monoisotopic (exact) mass is 1200 g/mol. The van der Waals surface area contributed by atoms with Crippen LogP contribution in [-0.2, 0) is 75.2 Å². The summed E-state index contributed by atoms with van der Waals surface area (Å²) < 4.78 is 0. The van der Waals surface area contributed by atoms with Gasteiger partial charge >= 0.3 is 17.9 Å². The van der Waals surface area contributed by atoms with Gasteiger partial charge in [0.05, 0.1) is 25.9 Å². The molecule has 3 rings (SSSR count). The van der Waals surface area contributed by atoms with Crippen molar-refractivity contribution in [3.63, 3.8) is 0 Å². The number of hydrogen-bond donors (Lipinski definition) is 17. The Bertz CT molecular complexity index is 2670. The smallest absolute Gasteiger partial charge is 0.326 e. The molecule has 0 bridgehead atoms. The molecule has 470 valence electrons. The number of aliphatic hydroxyl groups is 2. The van der Waals surface area contributed by atoms with Crippen molar-refractivity contribution < 1.29 is 98.7 Å². The Hall–Kier alpha value is -8.78. The number of nitrogens with one attached hydrogen (secondary N) is 10. The van der Waals surface area contributed by atoms with Gasteiger partial charge in [-0.2, -0.15) is 0 Å². The summed E-state index contributed by atoms with van der Waals surface area (Å²) in [4.78, 5) is 180. The zero-order chi connectivity index (χ0) is 63.8. The number of likely N-dealkylation sites (tertiary alicyclic amines) is 1. The van der Waals surface area contributed by atoms with E-state index in [1.807, 2.05) is 0 Å². The first-order valence-electron chi connectivity index (χ1n) is 27.4. The van der Waals surface area contributed by atoms with Gasteiger partial charge < -0.3 is 94.1 Å². The molecule has 0 saturated carbocycles. The van der Waals surface area contributed by atoms with Crippen LogP contribution in [0.15, 0.2) is 36.8 Å². The number of amides is 10. The third-order valence-electron chi connectivity index (χ3n) is 13.3. The molecule has 1 fully saturated rings. The second-order valence-electron chi connectivity index (χ2n) is 21.4. The summed E-state index contributed by atoms with van der Waals surface area (Å²) >= 11 is 0. The van der Waals surface area contributed by atoms with Crippen molar-refractivity contribution in [1.82, 2.24) is 62.7 Å². The molecule has 85 heavy (non-hydrogen) atoms. The second kappa shape index (κ2) is 34.1. The lowest BCUT2D eigenvalue weighted by Gasteiger charge is -2.30. The van der Waals surface area contributed by atoms with Gasteiger partial charge in [0.15, 0.2) is 6.04 Å². The molecule has 32 heteroatoms. The molecule has 10 amide bonds. The lowest BCUT2D eigenvalue weighted by Crippen LogP contribution is -2.72. The molecular formula is C53H80N13O19+. The number of imidazole rings is 1. The van der Waals surface area contributed by atoms with Crippen LogP contribution in [0.25, 0.3) is 0 Å². The fraction of sp³-hybridized carbons (Fsp3) is 0.585. The Labute approximate surface area is 488 Å². The predicted molar refractivity (Wildman–Crippen MR) is 294 cm³/mol. The number of rotatable bonds is 35. The van der Waals surface area contributed by atoms with E-state index in [1.54, 1.807) is 27.7 Å². The molecule has 1 saturated heterocycles. The normalized spacial score (nSPS) is 16.5. The van der Waals surface area contributed by atoms with Gasteiger partial charge in [0.2, 0.25) is 53.2 Å². The van der Waals surface area contributed by atoms with Crippen LogP contribution in [-0.4, -0.2) is 209 Å². The van der Waals surface area contributed by atoms with Crippen molar-refractivity contribution in [3.05, 3.63) is 48.0 Å². The van der Waals surface area contributed by atoms with Crippen LogP contribution < -0.4 is 53.6 Å². The molecule has 0 radical (unpaired) electrons. The van der Waals surface area contributed by atoms with Crippen LogP contribution in [0.3, 0.4) is 0 Å². The van der Waals surface area contributed by atoms with Crippen LogP contribution in [0, 0.1) is 11.8 Å². The van der Waals surface area contributed by atoms with Gasteiger partial charge in [-0.15, -0.1) is 0 Å². The number of carbonyl (C=O) groups is 13. The third-order valence-corrected chi connectivity index (χ3v) is 13.3. The molecule has 1 aromatic heterocycles. The van der Waals surface area contributed by atoms with E-state index in [0.717, 1.165) is 0 Å². The van der Waals surface area contributed by atoms with Gasteiger partial charge in [-0.25, -0.2) is 9.78 Å². The number of phenolic OH excluding ortho intramolecular Hbond substituents is 1. The third kappa shape index (κ3) is 23.8. The van der Waals surface area contributed by atoms with Gasteiger partial charge in [0, 0.05) is 37.7 Å². The van der Waals surface area contributed by atoms with Gasteiger partial charge in [0.25, 0.3) is 5.91 Å². The Balaban J connectivity index is 1.82. The minimum Gasteiger partial charge on any atom is -0.508 e. The number of aromatic nitrogens is 2. The molecule has 1 aliphatic heterocycles. The number of phenols is 1. The van der Waals surface area contributed by atoms with E-state index in [4.69, 9.17) is 0 Å². The number of aromatic hydroxyl groups is 1. The van der Waals surface area contributed by atoms with Gasteiger partial charge in [-0.1, -0.05) is 39.8 Å². The molecule has 2 aromatic rings. The number of quaternary nitrogens is 1. The van der Waals surface area contributed by atoms with E-state index >= 15 is 0 Å². The molecule has 11 atom stereocenters. The molecule has 1 aliphatic rings. The van der Waals surface area contributed by atoms with E-state index in [9.17, 15) is 93.0 Å². The lowest BCUT2D eigenvalue weighted by atomic mass is 10.0. The summed E-state index contributed by atoms with van der Waals surface area (Å²) in [6, 6.07) is -10.1. The maximum atomic E-state index is 14.2. The minimum absolute atomic E-state index is 0.00523. The van der Waals surface area contributed by atoms with E-state index < -0.39 is 182 Å². The van der Waals surface area contributed by atoms with Crippen LogP contribution in [0.2, 0.25) is 0 Å². The number of aliphatic hydroxyl groups excluding tert-OH is 2. The molecular weight excluding hydrogens is 1120 g/mol. The summed E-state index contributed by atoms with van der Waals surface area (Å²) in [5.74, 6) is -14.9. The quantitative estimate of drug-likeness (QED) is 0.0306. The average Bonchev–Trinajstić information content (AvgIpc) is 4.14. The Morgan fingerprint density at radius 3 is 1.76 bits per heavy atom. The van der Waals surface area contributed by atoms with Gasteiger partial charge in [0.1, 0.15) is 66.2 Å². The number of hydrogen-bond acceptors (Lipinski definition) is 17. The molecule has 2 heterocycles. The molecule has 0 spiro atoms. The van der Waals surface area contributed by atoms with Crippen molar-refractivity contribution >= 4 is 77.0 Å². The van der Waals surface area contributed by atoms with Crippen molar-refractivity contribution in [2.24, 2.45) is 11.8 Å². The molecule has 19 N–H and O–H groups in total. The largest absolute Gasteiger partial charge is 0.508 e. The number of benzene rings is 1. The summed E-state index contributed by atoms with van der Waals surface area (Å²) in [5.41, 5.74) is 4.20. The van der Waals surface area contributed by atoms with Gasteiger partial charge in [-0.05, 0) is 75.5 Å². The Morgan fingerprint density at radius 2 is 1.20 bits per heavy atom. The zero-order valence-corrected chi connectivity index (χ0v) is 48.0. The average molecular weight is 1200 g/mol. The van der Waals surface area contributed by atoms with Crippen molar-refractivity contribution in [1.29, 1.82) is 0 Å². The number of carboxylic acid groups (broad SMARTS) is 3. The van der Waals surface area contributed by atoms with E-state index in [2.05, 4.69) is 63.6 Å². The summed E-state index contributed by atoms with van der Waals surface area (Å²) in [6.07, 6.45) is -1.14. The van der Waals surface area contributed by atoms with Crippen LogP contribution in [0.5, 0.6) is 5.75 Å². The number of aromatic amines is 1. The highest BCUT2D eigenvalue weighted by molar-refractivity contribution is 5.99. The van der Waals surface area contributed by atoms with Crippen molar-refractivity contribution in [2.45, 2.75) is 166 Å².